The van der Waals surface area contributed by atoms with Crippen LogP contribution in [0.4, 0.5) is 5.69 Å². The topological polar surface area (TPSA) is 64.9 Å². The van der Waals surface area contributed by atoms with E-state index in [4.69, 9.17) is 10.2 Å². The minimum absolute atomic E-state index is 0.473. The first-order valence-electron chi connectivity index (χ1n) is 4.44. The summed E-state index contributed by atoms with van der Waals surface area (Å²) in [4.78, 5) is 0. The van der Waals surface area contributed by atoms with Crippen molar-refractivity contribution < 1.29 is 4.42 Å². The lowest BCUT2D eigenvalue weighted by molar-refractivity contribution is 0.466. The number of anilines is 1. The maximum Gasteiger partial charge on any atom is 0.276 e. The molecule has 0 saturated heterocycles. The molecule has 0 saturated carbocycles. The first-order chi connectivity index (χ1) is 7.20. The van der Waals surface area contributed by atoms with E-state index in [1.165, 1.54) is 11.8 Å². The number of nitrogens with two attached hydrogens (primary N) is 1. The van der Waals surface area contributed by atoms with E-state index in [1.54, 1.807) is 0 Å². The van der Waals surface area contributed by atoms with Crippen LogP contribution in [-0.4, -0.2) is 16.5 Å². The van der Waals surface area contributed by atoms with Crippen LogP contribution in [0.3, 0.4) is 0 Å². The molecule has 0 amide bonds. The Hall–Kier alpha value is -1.49. The fourth-order valence-corrected chi connectivity index (χ4v) is 1.54. The number of nitrogen functional groups attached to an aromatic ring is 1. The highest BCUT2D eigenvalue weighted by Gasteiger charge is 2.10. The van der Waals surface area contributed by atoms with Gasteiger partial charge in [-0.25, -0.2) is 0 Å². The Morgan fingerprint density at radius 1 is 1.33 bits per heavy atom. The van der Waals surface area contributed by atoms with Crippen LogP contribution in [0.1, 0.15) is 5.56 Å². The molecule has 0 atom stereocenters. The predicted octanol–water partition coefficient (Wildman–Crippen LogP) is 2.35. The number of hydrogen-bond acceptors (Lipinski definition) is 5. The zero-order valence-corrected chi connectivity index (χ0v) is 9.34. The van der Waals surface area contributed by atoms with Gasteiger partial charge in [0.25, 0.3) is 11.1 Å². The van der Waals surface area contributed by atoms with E-state index >= 15 is 0 Å². The Kier molecular flexibility index (Phi) is 2.64. The molecule has 0 aliphatic heterocycles. The molecule has 2 aromatic rings. The van der Waals surface area contributed by atoms with Crippen LogP contribution in [0.15, 0.2) is 27.8 Å². The number of benzene rings is 1. The predicted molar refractivity (Wildman–Crippen MR) is 60.7 cm³/mol. The maximum absolute atomic E-state index is 5.84. The SMILES string of the molecule is CSc1nnc(-c2cc(C)ccc2N)o1. The Balaban J connectivity index is 2.48. The van der Waals surface area contributed by atoms with Crippen molar-refractivity contribution in [1.82, 2.24) is 10.2 Å². The Labute approximate surface area is 91.9 Å². The van der Waals surface area contributed by atoms with Gasteiger partial charge in [-0.05, 0) is 25.3 Å². The molecule has 4 nitrogen and oxygen atoms in total. The number of aromatic nitrogens is 2. The van der Waals surface area contributed by atoms with Crippen molar-refractivity contribution >= 4 is 17.4 Å². The summed E-state index contributed by atoms with van der Waals surface area (Å²) in [5, 5.41) is 8.36. The van der Waals surface area contributed by atoms with Gasteiger partial charge in [-0.2, -0.15) is 0 Å². The average molecular weight is 221 g/mol. The fourth-order valence-electron chi connectivity index (χ4n) is 1.26. The number of nitrogens with zero attached hydrogens (tertiary/aromatic N) is 2. The molecule has 5 heteroatoms. The minimum atomic E-state index is 0.473. The minimum Gasteiger partial charge on any atom is -0.411 e. The van der Waals surface area contributed by atoms with Crippen molar-refractivity contribution in [3.8, 4) is 11.5 Å². The van der Waals surface area contributed by atoms with Gasteiger partial charge in [0, 0.05) is 5.69 Å². The summed E-state index contributed by atoms with van der Waals surface area (Å²) < 4.78 is 5.42. The van der Waals surface area contributed by atoms with Gasteiger partial charge < -0.3 is 10.2 Å². The highest BCUT2D eigenvalue weighted by atomic mass is 32.2. The van der Waals surface area contributed by atoms with Crippen molar-refractivity contribution in [2.75, 3.05) is 12.0 Å². The summed E-state index contributed by atoms with van der Waals surface area (Å²) in [6, 6.07) is 5.73. The van der Waals surface area contributed by atoms with Crippen molar-refractivity contribution in [1.29, 1.82) is 0 Å². The summed E-state index contributed by atoms with van der Waals surface area (Å²) >= 11 is 1.41. The highest BCUT2D eigenvalue weighted by Crippen LogP contribution is 2.27. The molecule has 0 fully saturated rings. The molecule has 78 valence electrons. The number of rotatable bonds is 2. The third-order valence-electron chi connectivity index (χ3n) is 2.02. The lowest BCUT2D eigenvalue weighted by Gasteiger charge is -2.01. The quantitative estimate of drug-likeness (QED) is 0.623. The van der Waals surface area contributed by atoms with Gasteiger partial charge in [0.2, 0.25) is 0 Å². The van der Waals surface area contributed by atoms with E-state index in [9.17, 15) is 0 Å². The molecule has 1 heterocycles. The lowest BCUT2D eigenvalue weighted by atomic mass is 10.1. The summed E-state index contributed by atoms with van der Waals surface area (Å²) in [5.41, 5.74) is 8.40. The molecular weight excluding hydrogens is 210 g/mol. The second kappa shape index (κ2) is 3.94. The first-order valence-corrected chi connectivity index (χ1v) is 5.67. The third kappa shape index (κ3) is 1.97. The van der Waals surface area contributed by atoms with Crippen molar-refractivity contribution in [3.63, 3.8) is 0 Å². The zero-order valence-electron chi connectivity index (χ0n) is 8.52. The van der Waals surface area contributed by atoms with Gasteiger partial charge in [-0.15, -0.1) is 10.2 Å². The van der Waals surface area contributed by atoms with Crippen molar-refractivity contribution in [2.45, 2.75) is 12.1 Å². The van der Waals surface area contributed by atoms with Gasteiger partial charge >= 0.3 is 0 Å². The van der Waals surface area contributed by atoms with Crippen LogP contribution in [0.25, 0.3) is 11.5 Å². The van der Waals surface area contributed by atoms with E-state index in [-0.39, 0.29) is 0 Å². The molecule has 1 aromatic carbocycles. The van der Waals surface area contributed by atoms with Crippen LogP contribution in [0.5, 0.6) is 0 Å². The zero-order chi connectivity index (χ0) is 10.8. The van der Waals surface area contributed by atoms with Crippen LogP contribution in [0.2, 0.25) is 0 Å². The summed E-state index contributed by atoms with van der Waals surface area (Å²) in [7, 11) is 0. The summed E-state index contributed by atoms with van der Waals surface area (Å²) in [5.74, 6) is 0.473. The molecule has 0 bridgehead atoms. The molecule has 0 radical (unpaired) electrons. The van der Waals surface area contributed by atoms with E-state index in [1.807, 2.05) is 31.4 Å². The Morgan fingerprint density at radius 2 is 2.13 bits per heavy atom. The summed E-state index contributed by atoms with van der Waals surface area (Å²) in [6.07, 6.45) is 1.89. The lowest BCUT2D eigenvalue weighted by Crippen LogP contribution is -1.90. The Bertz CT molecular complexity index is 481. The van der Waals surface area contributed by atoms with Crippen LogP contribution < -0.4 is 5.73 Å². The third-order valence-corrected chi connectivity index (χ3v) is 2.53. The molecule has 15 heavy (non-hydrogen) atoms. The van der Waals surface area contributed by atoms with Gasteiger partial charge in [0.15, 0.2) is 0 Å². The van der Waals surface area contributed by atoms with Gasteiger partial charge in [0.05, 0.1) is 5.56 Å². The van der Waals surface area contributed by atoms with E-state index in [2.05, 4.69) is 10.2 Å². The Morgan fingerprint density at radius 3 is 2.80 bits per heavy atom. The number of aryl methyl sites for hydroxylation is 1. The van der Waals surface area contributed by atoms with Crippen molar-refractivity contribution in [3.05, 3.63) is 23.8 Å². The molecule has 0 unspecified atom stereocenters. The van der Waals surface area contributed by atoms with Crippen LogP contribution in [-0.2, 0) is 0 Å². The molecule has 1 aromatic heterocycles. The second-order valence-corrected chi connectivity index (χ2v) is 3.93. The fraction of sp³-hybridized carbons (Fsp3) is 0.200. The summed E-state index contributed by atoms with van der Waals surface area (Å²) in [6.45, 7) is 1.99. The van der Waals surface area contributed by atoms with Gasteiger partial charge in [-0.1, -0.05) is 23.4 Å². The number of hydrogen-bond donors (Lipinski definition) is 1. The normalized spacial score (nSPS) is 10.5. The monoisotopic (exact) mass is 221 g/mol. The highest BCUT2D eigenvalue weighted by molar-refractivity contribution is 7.98. The van der Waals surface area contributed by atoms with Crippen molar-refractivity contribution in [2.24, 2.45) is 0 Å². The standard InChI is InChI=1S/C10H11N3OS/c1-6-3-4-8(11)7(5-6)9-12-13-10(14-9)15-2/h3-5H,11H2,1-2H3. The molecule has 0 spiro atoms. The second-order valence-electron chi connectivity index (χ2n) is 3.17. The van der Waals surface area contributed by atoms with Crippen LogP contribution >= 0.6 is 11.8 Å². The first kappa shape index (κ1) is 10.0. The van der Waals surface area contributed by atoms with E-state index in [0.717, 1.165) is 11.1 Å². The smallest absolute Gasteiger partial charge is 0.276 e. The average Bonchev–Trinajstić information content (AvgIpc) is 2.70. The largest absolute Gasteiger partial charge is 0.411 e. The number of thioether (sulfide) groups is 1. The van der Waals surface area contributed by atoms with Gasteiger partial charge in [0.1, 0.15) is 0 Å². The van der Waals surface area contributed by atoms with E-state index in [0.29, 0.717) is 16.8 Å². The molecule has 2 N–H and O–H groups in total. The molecule has 0 aliphatic rings. The van der Waals surface area contributed by atoms with Gasteiger partial charge in [-0.3, -0.25) is 0 Å². The molecular formula is C10H11N3OS. The van der Waals surface area contributed by atoms with Crippen LogP contribution in [0, 0.1) is 6.92 Å². The molecule has 2 rings (SSSR count). The molecule has 0 aliphatic carbocycles. The maximum atomic E-state index is 5.84. The van der Waals surface area contributed by atoms with E-state index < -0.39 is 0 Å².